The van der Waals surface area contributed by atoms with E-state index in [9.17, 15) is 0 Å². The van der Waals surface area contributed by atoms with E-state index in [2.05, 4.69) is 67.0 Å². The maximum Gasteiger partial charge on any atom is 0.248 e. The van der Waals surface area contributed by atoms with Gasteiger partial charge in [-0.2, -0.15) is 0 Å². The monoisotopic (exact) mass is 716 g/mol. The molecule has 264 valence electrons. The van der Waals surface area contributed by atoms with E-state index in [1.165, 1.54) is 11.1 Å². The average molecular weight is 717 g/mol. The third-order valence-electron chi connectivity index (χ3n) is 9.27. The summed E-state index contributed by atoms with van der Waals surface area (Å²) in [6.07, 6.45) is 0. The number of fused-ring (bicyclic) bond motifs is 2. The number of rotatable bonds is 6. The minimum Gasteiger partial charge on any atom is -0.416 e. The molecule has 3 heterocycles. The normalized spacial score (nSPS) is 11.1. The fourth-order valence-electron chi connectivity index (χ4n) is 6.36. The standard InChI is InChI=1S/C24H18N4O2.C22H14N2O/c1-15-6-10-17(11-7-15)21-25-27-23(29-21)19-4-3-5-20(14-19)24-28-26-22(30-24)18-12-8-16(2)9-13-18;1-3-11-17-15(7-1)9-5-13-19(17)21-23-24-22(25-21)20-14-6-10-16-8-2-4-12-18(16)20/h3-14H,1-2H3;1-14H. The lowest BCUT2D eigenvalue weighted by Crippen LogP contribution is -1.82. The average Bonchev–Trinajstić information content (AvgIpc) is 4.04. The van der Waals surface area contributed by atoms with Gasteiger partial charge in [-0.25, -0.2) is 0 Å². The molecule has 0 aliphatic rings. The highest BCUT2D eigenvalue weighted by atomic mass is 16.4. The van der Waals surface area contributed by atoms with Gasteiger partial charge in [-0.05, 0) is 90.0 Å². The first-order valence-electron chi connectivity index (χ1n) is 17.8. The molecule has 3 aromatic heterocycles. The van der Waals surface area contributed by atoms with Crippen molar-refractivity contribution in [3.63, 3.8) is 0 Å². The van der Waals surface area contributed by atoms with E-state index in [0.29, 0.717) is 35.3 Å². The number of aryl methyl sites for hydroxylation is 2. The van der Waals surface area contributed by atoms with Gasteiger partial charge < -0.3 is 13.3 Å². The summed E-state index contributed by atoms with van der Waals surface area (Å²) in [7, 11) is 0. The molecule has 0 fully saturated rings. The molecular formula is C46H32N6O3. The molecule has 0 aliphatic carbocycles. The van der Waals surface area contributed by atoms with E-state index in [1.54, 1.807) is 0 Å². The third-order valence-corrected chi connectivity index (χ3v) is 9.27. The fourth-order valence-corrected chi connectivity index (χ4v) is 6.36. The van der Waals surface area contributed by atoms with Gasteiger partial charge in [0.2, 0.25) is 35.3 Å². The number of aromatic nitrogens is 6. The van der Waals surface area contributed by atoms with E-state index in [-0.39, 0.29) is 0 Å². The maximum atomic E-state index is 6.05. The van der Waals surface area contributed by atoms with Crippen molar-refractivity contribution in [3.8, 4) is 68.7 Å². The van der Waals surface area contributed by atoms with Crippen LogP contribution < -0.4 is 0 Å². The van der Waals surface area contributed by atoms with Crippen molar-refractivity contribution in [1.82, 2.24) is 30.6 Å². The molecular weight excluding hydrogens is 685 g/mol. The topological polar surface area (TPSA) is 117 Å². The maximum absolute atomic E-state index is 6.05. The molecule has 0 spiro atoms. The highest BCUT2D eigenvalue weighted by molar-refractivity contribution is 5.96. The van der Waals surface area contributed by atoms with Gasteiger partial charge in [0.05, 0.1) is 0 Å². The van der Waals surface area contributed by atoms with Crippen LogP contribution in [0.15, 0.2) is 171 Å². The van der Waals surface area contributed by atoms with Gasteiger partial charge in [0, 0.05) is 33.4 Å². The lowest BCUT2D eigenvalue weighted by atomic mass is 10.0. The summed E-state index contributed by atoms with van der Waals surface area (Å²) in [4.78, 5) is 0. The van der Waals surface area contributed by atoms with Crippen molar-refractivity contribution in [1.29, 1.82) is 0 Å². The van der Waals surface area contributed by atoms with Crippen molar-refractivity contribution < 1.29 is 13.3 Å². The molecule has 10 rings (SSSR count). The van der Waals surface area contributed by atoms with E-state index in [0.717, 1.165) is 54.9 Å². The summed E-state index contributed by atoms with van der Waals surface area (Å²) in [5, 5.41) is 29.9. The predicted octanol–water partition coefficient (Wildman–Crippen LogP) is 11.4. The molecule has 10 aromatic rings. The SMILES string of the molecule is Cc1ccc(-c2nnc(-c3cccc(-c4nnc(-c5ccc(C)cc5)o4)c3)o2)cc1.c1ccc2c(-c3nnc(-c4cccc5ccccc45)o3)cccc2c1. The Labute approximate surface area is 316 Å². The fraction of sp³-hybridized carbons (Fsp3) is 0.0435. The van der Waals surface area contributed by atoms with Crippen LogP contribution in [0.4, 0.5) is 0 Å². The van der Waals surface area contributed by atoms with Crippen molar-refractivity contribution in [3.05, 3.63) is 169 Å². The minimum absolute atomic E-state index is 0.436. The Morgan fingerprint density at radius 1 is 0.309 bits per heavy atom. The van der Waals surface area contributed by atoms with Crippen molar-refractivity contribution in [2.75, 3.05) is 0 Å². The second-order valence-electron chi connectivity index (χ2n) is 13.1. The highest BCUT2D eigenvalue weighted by Gasteiger charge is 2.16. The van der Waals surface area contributed by atoms with Crippen LogP contribution >= 0.6 is 0 Å². The van der Waals surface area contributed by atoms with Gasteiger partial charge in [-0.1, -0.05) is 114 Å². The molecule has 55 heavy (non-hydrogen) atoms. The predicted molar refractivity (Wildman–Crippen MR) is 214 cm³/mol. The van der Waals surface area contributed by atoms with Crippen LogP contribution in [0.1, 0.15) is 11.1 Å². The Morgan fingerprint density at radius 3 is 1.11 bits per heavy atom. The van der Waals surface area contributed by atoms with Crippen LogP contribution in [0.3, 0.4) is 0 Å². The van der Waals surface area contributed by atoms with Gasteiger partial charge in [0.15, 0.2) is 0 Å². The third kappa shape index (κ3) is 6.90. The van der Waals surface area contributed by atoms with Gasteiger partial charge in [0.1, 0.15) is 0 Å². The first kappa shape index (κ1) is 33.3. The van der Waals surface area contributed by atoms with E-state index in [1.807, 2.05) is 135 Å². The lowest BCUT2D eigenvalue weighted by molar-refractivity contribution is 0.582. The van der Waals surface area contributed by atoms with E-state index >= 15 is 0 Å². The zero-order valence-corrected chi connectivity index (χ0v) is 29.9. The number of hydrogen-bond acceptors (Lipinski definition) is 9. The van der Waals surface area contributed by atoms with Crippen LogP contribution in [0, 0.1) is 13.8 Å². The second-order valence-corrected chi connectivity index (χ2v) is 13.1. The number of nitrogens with zero attached hydrogens (tertiary/aromatic N) is 6. The Hall–Kier alpha value is -7.52. The quantitative estimate of drug-likeness (QED) is 0.166. The smallest absolute Gasteiger partial charge is 0.248 e. The zero-order chi connectivity index (χ0) is 37.1. The largest absolute Gasteiger partial charge is 0.416 e. The van der Waals surface area contributed by atoms with Gasteiger partial charge in [-0.15, -0.1) is 30.6 Å². The first-order valence-corrected chi connectivity index (χ1v) is 17.8. The van der Waals surface area contributed by atoms with Gasteiger partial charge in [-0.3, -0.25) is 0 Å². The Morgan fingerprint density at radius 2 is 0.655 bits per heavy atom. The Kier molecular flexibility index (Phi) is 8.77. The van der Waals surface area contributed by atoms with E-state index in [4.69, 9.17) is 13.3 Å². The van der Waals surface area contributed by atoms with Crippen molar-refractivity contribution in [2.45, 2.75) is 13.8 Å². The molecule has 0 amide bonds. The molecule has 7 aromatic carbocycles. The van der Waals surface area contributed by atoms with Crippen LogP contribution in [0.5, 0.6) is 0 Å². The Bertz CT molecular complexity index is 2710. The second kappa shape index (κ2) is 14.5. The zero-order valence-electron chi connectivity index (χ0n) is 29.9. The van der Waals surface area contributed by atoms with E-state index < -0.39 is 0 Å². The van der Waals surface area contributed by atoms with Crippen LogP contribution in [-0.2, 0) is 0 Å². The summed E-state index contributed by atoms with van der Waals surface area (Å²) in [5.41, 5.74) is 7.60. The molecule has 0 unspecified atom stereocenters. The minimum atomic E-state index is 0.436. The molecule has 0 radical (unpaired) electrons. The highest BCUT2D eigenvalue weighted by Crippen LogP contribution is 2.33. The molecule has 0 atom stereocenters. The van der Waals surface area contributed by atoms with Crippen LogP contribution in [-0.4, -0.2) is 30.6 Å². The number of hydrogen-bond donors (Lipinski definition) is 0. The van der Waals surface area contributed by atoms with Crippen molar-refractivity contribution >= 4 is 21.5 Å². The summed E-state index contributed by atoms with van der Waals surface area (Å²) < 4.78 is 17.8. The summed E-state index contributed by atoms with van der Waals surface area (Å²) >= 11 is 0. The molecule has 0 bridgehead atoms. The number of benzene rings is 7. The van der Waals surface area contributed by atoms with Gasteiger partial charge >= 0.3 is 0 Å². The Balaban J connectivity index is 0.000000147. The molecule has 0 saturated carbocycles. The van der Waals surface area contributed by atoms with Crippen LogP contribution in [0.25, 0.3) is 90.3 Å². The molecule has 9 heteroatoms. The molecule has 0 N–H and O–H groups in total. The molecule has 9 nitrogen and oxygen atoms in total. The van der Waals surface area contributed by atoms with Gasteiger partial charge in [0.25, 0.3) is 0 Å². The summed E-state index contributed by atoms with van der Waals surface area (Å²) in [5.74, 6) is 2.92. The lowest BCUT2D eigenvalue weighted by Gasteiger charge is -2.03. The van der Waals surface area contributed by atoms with Crippen molar-refractivity contribution in [2.24, 2.45) is 0 Å². The summed E-state index contributed by atoms with van der Waals surface area (Å²) in [6, 6.07) is 52.2. The van der Waals surface area contributed by atoms with Crippen LogP contribution in [0.2, 0.25) is 0 Å². The molecule has 0 saturated heterocycles. The summed E-state index contributed by atoms with van der Waals surface area (Å²) in [6.45, 7) is 4.08. The molecule has 0 aliphatic heterocycles. The first-order chi connectivity index (χ1) is 27.1.